The lowest BCUT2D eigenvalue weighted by Crippen LogP contribution is -2.22. The molecule has 1 fully saturated rings. The fraction of sp³-hybridized carbons (Fsp3) is 0.857. The fourth-order valence-corrected chi connectivity index (χ4v) is 3.74. The van der Waals surface area contributed by atoms with Gasteiger partial charge in [-0.2, -0.15) is 0 Å². The third-order valence-corrected chi connectivity index (χ3v) is 5.28. The van der Waals surface area contributed by atoms with Gasteiger partial charge in [0.1, 0.15) is 0 Å². The van der Waals surface area contributed by atoms with Gasteiger partial charge in [0.15, 0.2) is 5.78 Å². The first-order chi connectivity index (χ1) is 10.7. The van der Waals surface area contributed by atoms with Crippen molar-refractivity contribution >= 4 is 5.78 Å². The Balaban J connectivity index is 2.42. The molecule has 1 heteroatoms. The van der Waals surface area contributed by atoms with Gasteiger partial charge in [0.2, 0.25) is 0 Å². The van der Waals surface area contributed by atoms with Crippen LogP contribution in [0.4, 0.5) is 0 Å². The van der Waals surface area contributed by atoms with Crippen LogP contribution in [0, 0.1) is 5.41 Å². The van der Waals surface area contributed by atoms with Crippen molar-refractivity contribution in [1.29, 1.82) is 0 Å². The highest BCUT2D eigenvalue weighted by Crippen LogP contribution is 2.42. The average Bonchev–Trinajstić information content (AvgIpc) is 2.54. The van der Waals surface area contributed by atoms with Crippen LogP contribution in [0.15, 0.2) is 12.2 Å². The first kappa shape index (κ1) is 19.5. The van der Waals surface area contributed by atoms with Gasteiger partial charge >= 0.3 is 0 Å². The zero-order valence-electron chi connectivity index (χ0n) is 15.2. The minimum Gasteiger partial charge on any atom is -0.295 e. The quantitative estimate of drug-likeness (QED) is 0.280. The predicted molar refractivity (Wildman–Crippen MR) is 97.2 cm³/mol. The second-order valence-electron chi connectivity index (χ2n) is 7.34. The lowest BCUT2D eigenvalue weighted by atomic mass is 9.70. The molecule has 0 N–H and O–H groups in total. The number of allylic oxidation sites excluding steroid dienone is 2. The van der Waals surface area contributed by atoms with Crippen molar-refractivity contribution in [2.75, 3.05) is 0 Å². The van der Waals surface area contributed by atoms with E-state index in [1.807, 2.05) is 6.08 Å². The summed E-state index contributed by atoms with van der Waals surface area (Å²) in [6.45, 7) is 4.46. The summed E-state index contributed by atoms with van der Waals surface area (Å²) in [6, 6.07) is 0. The van der Waals surface area contributed by atoms with Crippen molar-refractivity contribution in [2.45, 2.75) is 110 Å². The number of unbranched alkanes of at least 4 members (excludes halogenated alkanes) is 6. The van der Waals surface area contributed by atoms with Gasteiger partial charge in [0.05, 0.1) is 0 Å². The highest BCUT2D eigenvalue weighted by Gasteiger charge is 2.28. The summed E-state index contributed by atoms with van der Waals surface area (Å²) < 4.78 is 0. The Morgan fingerprint density at radius 1 is 0.864 bits per heavy atom. The lowest BCUT2D eigenvalue weighted by Gasteiger charge is -2.35. The number of carbonyl (C=O) groups excluding carboxylic acids is 1. The minimum atomic E-state index is 0.351. The third-order valence-electron chi connectivity index (χ3n) is 5.28. The van der Waals surface area contributed by atoms with Crippen molar-refractivity contribution in [3.8, 4) is 0 Å². The first-order valence-corrected chi connectivity index (χ1v) is 9.94. The molecule has 1 nitrogen and oxygen atoms in total. The van der Waals surface area contributed by atoms with E-state index in [0.717, 1.165) is 12.8 Å². The van der Waals surface area contributed by atoms with Crippen molar-refractivity contribution < 1.29 is 4.79 Å². The molecule has 1 rings (SSSR count). The topological polar surface area (TPSA) is 17.1 Å². The van der Waals surface area contributed by atoms with Crippen molar-refractivity contribution in [3.05, 3.63) is 12.2 Å². The molecule has 1 aliphatic carbocycles. The maximum Gasteiger partial charge on any atom is 0.155 e. The summed E-state index contributed by atoms with van der Waals surface area (Å²) in [5.41, 5.74) is 0.352. The van der Waals surface area contributed by atoms with Crippen LogP contribution >= 0.6 is 0 Å². The maximum absolute atomic E-state index is 12.0. The SMILES string of the molecule is CCCCCCCC1(C=CC(=O)CCCCC)CCCCC1. The van der Waals surface area contributed by atoms with Crippen molar-refractivity contribution in [3.63, 3.8) is 0 Å². The van der Waals surface area contributed by atoms with Crippen LogP contribution in [0.2, 0.25) is 0 Å². The molecule has 0 aromatic carbocycles. The molecule has 0 radical (unpaired) electrons. The molecule has 0 bridgehead atoms. The highest BCUT2D eigenvalue weighted by atomic mass is 16.1. The second kappa shape index (κ2) is 11.9. The number of hydrogen-bond acceptors (Lipinski definition) is 1. The van der Waals surface area contributed by atoms with E-state index in [4.69, 9.17) is 0 Å². The van der Waals surface area contributed by atoms with Gasteiger partial charge in [0.25, 0.3) is 0 Å². The molecular weight excluding hydrogens is 268 g/mol. The van der Waals surface area contributed by atoms with E-state index in [0.29, 0.717) is 11.2 Å². The number of carbonyl (C=O) groups is 1. The summed E-state index contributed by atoms with van der Waals surface area (Å²) in [4.78, 5) is 12.0. The minimum absolute atomic E-state index is 0.351. The Kier molecular flexibility index (Phi) is 10.5. The molecule has 0 unspecified atom stereocenters. The molecule has 0 aromatic rings. The lowest BCUT2D eigenvalue weighted by molar-refractivity contribution is -0.114. The number of ketones is 1. The van der Waals surface area contributed by atoms with E-state index in [1.54, 1.807) is 0 Å². The molecule has 0 atom stereocenters. The zero-order valence-corrected chi connectivity index (χ0v) is 15.2. The van der Waals surface area contributed by atoms with Crippen molar-refractivity contribution in [1.82, 2.24) is 0 Å². The molecule has 128 valence electrons. The van der Waals surface area contributed by atoms with Gasteiger partial charge in [-0.25, -0.2) is 0 Å². The van der Waals surface area contributed by atoms with E-state index in [1.165, 1.54) is 83.5 Å². The smallest absolute Gasteiger partial charge is 0.155 e. The van der Waals surface area contributed by atoms with Crippen molar-refractivity contribution in [2.24, 2.45) is 5.41 Å². The van der Waals surface area contributed by atoms with Crippen LogP contribution in [0.25, 0.3) is 0 Å². The molecule has 0 saturated heterocycles. The predicted octanol–water partition coefficient (Wildman–Crippen LogP) is 7.00. The first-order valence-electron chi connectivity index (χ1n) is 9.94. The Hall–Kier alpha value is -0.590. The Morgan fingerprint density at radius 2 is 1.50 bits per heavy atom. The molecule has 0 amide bonds. The van der Waals surface area contributed by atoms with E-state index in [2.05, 4.69) is 19.9 Å². The fourth-order valence-electron chi connectivity index (χ4n) is 3.74. The highest BCUT2D eigenvalue weighted by molar-refractivity contribution is 5.89. The van der Waals surface area contributed by atoms with Gasteiger partial charge in [-0.05, 0) is 37.2 Å². The van der Waals surface area contributed by atoms with Gasteiger partial charge in [0, 0.05) is 6.42 Å². The number of hydrogen-bond donors (Lipinski definition) is 0. The summed E-state index contributed by atoms with van der Waals surface area (Å²) in [5.74, 6) is 0.351. The van der Waals surface area contributed by atoms with Crippen LogP contribution in [0.3, 0.4) is 0 Å². The zero-order chi connectivity index (χ0) is 16.1. The van der Waals surface area contributed by atoms with E-state index >= 15 is 0 Å². The van der Waals surface area contributed by atoms with E-state index < -0.39 is 0 Å². The summed E-state index contributed by atoms with van der Waals surface area (Å²) in [7, 11) is 0. The summed E-state index contributed by atoms with van der Waals surface area (Å²) in [6.07, 6.45) is 23.2. The van der Waals surface area contributed by atoms with E-state index in [9.17, 15) is 4.79 Å². The second-order valence-corrected chi connectivity index (χ2v) is 7.34. The maximum atomic E-state index is 12.0. The molecule has 1 saturated carbocycles. The molecule has 1 aliphatic rings. The molecule has 0 spiro atoms. The van der Waals surface area contributed by atoms with Gasteiger partial charge in [-0.3, -0.25) is 4.79 Å². The Morgan fingerprint density at radius 3 is 2.18 bits per heavy atom. The van der Waals surface area contributed by atoms with Crippen LogP contribution < -0.4 is 0 Å². The van der Waals surface area contributed by atoms with Crippen LogP contribution in [-0.4, -0.2) is 5.78 Å². The van der Waals surface area contributed by atoms with Gasteiger partial charge in [-0.1, -0.05) is 84.1 Å². The standard InChI is InChI=1S/C21H38O/c1-3-5-7-8-11-16-21(17-12-9-13-18-21)19-15-20(22)14-10-6-4-2/h15,19H,3-14,16-18H2,1-2H3. The van der Waals surface area contributed by atoms with Crippen LogP contribution in [0.1, 0.15) is 110 Å². The van der Waals surface area contributed by atoms with E-state index in [-0.39, 0.29) is 0 Å². The molecule has 0 aromatic heterocycles. The monoisotopic (exact) mass is 306 g/mol. The largest absolute Gasteiger partial charge is 0.295 e. The Bertz CT molecular complexity index is 310. The van der Waals surface area contributed by atoms with Crippen LogP contribution in [0.5, 0.6) is 0 Å². The number of rotatable bonds is 12. The third kappa shape index (κ3) is 8.15. The molecule has 0 heterocycles. The molecule has 0 aliphatic heterocycles. The Labute approximate surface area is 139 Å². The molecular formula is C21H38O. The summed E-state index contributed by atoms with van der Waals surface area (Å²) in [5, 5.41) is 0. The average molecular weight is 307 g/mol. The van der Waals surface area contributed by atoms with Gasteiger partial charge in [-0.15, -0.1) is 0 Å². The summed E-state index contributed by atoms with van der Waals surface area (Å²) >= 11 is 0. The van der Waals surface area contributed by atoms with Gasteiger partial charge < -0.3 is 0 Å². The van der Waals surface area contributed by atoms with Crippen LogP contribution in [-0.2, 0) is 4.79 Å². The normalized spacial score (nSPS) is 17.9. The molecule has 22 heavy (non-hydrogen) atoms.